The number of hydrogen-bond acceptors (Lipinski definition) is 3. The Labute approximate surface area is 105 Å². The van der Waals surface area contributed by atoms with Crippen LogP contribution >= 0.6 is 0 Å². The first-order valence-corrected chi connectivity index (χ1v) is 5.55. The van der Waals surface area contributed by atoms with E-state index in [4.69, 9.17) is 4.74 Å². The van der Waals surface area contributed by atoms with E-state index in [0.717, 1.165) is 5.57 Å². The van der Waals surface area contributed by atoms with Gasteiger partial charge in [-0.3, -0.25) is 9.59 Å². The average Bonchev–Trinajstić information content (AvgIpc) is 2.35. The van der Waals surface area contributed by atoms with Gasteiger partial charge in [0, 0.05) is 12.1 Å². The van der Waals surface area contributed by atoms with Crippen molar-refractivity contribution in [2.75, 3.05) is 18.5 Å². The lowest BCUT2D eigenvalue weighted by Crippen LogP contribution is -2.27. The van der Waals surface area contributed by atoms with Gasteiger partial charge in [0.2, 0.25) is 0 Å². The number of fused-ring (bicyclic) bond motifs is 1. The Balaban J connectivity index is 2.13. The molecule has 0 fully saturated rings. The minimum atomic E-state index is -0.193. The summed E-state index contributed by atoms with van der Waals surface area (Å²) in [7, 11) is 0. The summed E-state index contributed by atoms with van der Waals surface area (Å²) in [6.45, 7) is 5.97. The number of anilines is 1. The van der Waals surface area contributed by atoms with Gasteiger partial charge in [-0.15, -0.1) is 0 Å². The van der Waals surface area contributed by atoms with Crippen molar-refractivity contribution in [2.24, 2.45) is 0 Å². The lowest BCUT2D eigenvalue weighted by Gasteiger charge is -2.18. The minimum Gasteiger partial charge on any atom is -0.482 e. The molecule has 0 saturated carbocycles. The minimum absolute atomic E-state index is 0.0240. The van der Waals surface area contributed by atoms with Crippen molar-refractivity contribution < 1.29 is 14.3 Å². The summed E-state index contributed by atoms with van der Waals surface area (Å²) < 4.78 is 5.24. The summed E-state index contributed by atoms with van der Waals surface area (Å²) in [6.07, 6.45) is 0. The van der Waals surface area contributed by atoms with E-state index in [-0.39, 0.29) is 18.4 Å². The highest BCUT2D eigenvalue weighted by Crippen LogP contribution is 2.28. The highest BCUT2D eigenvalue weighted by atomic mass is 16.5. The van der Waals surface area contributed by atoms with Gasteiger partial charge >= 0.3 is 0 Å². The van der Waals surface area contributed by atoms with E-state index in [2.05, 4.69) is 17.2 Å². The van der Waals surface area contributed by atoms with Gasteiger partial charge in [-0.1, -0.05) is 12.2 Å². The molecule has 2 amide bonds. The Kier molecular flexibility index (Phi) is 3.32. The Hall–Kier alpha value is -2.30. The Morgan fingerprint density at radius 3 is 3.06 bits per heavy atom. The van der Waals surface area contributed by atoms with Gasteiger partial charge in [-0.05, 0) is 25.1 Å². The quantitative estimate of drug-likeness (QED) is 0.790. The second kappa shape index (κ2) is 4.91. The monoisotopic (exact) mass is 246 g/mol. The van der Waals surface area contributed by atoms with Crippen LogP contribution in [0, 0.1) is 0 Å². The molecule has 0 aliphatic carbocycles. The highest BCUT2D eigenvalue weighted by molar-refractivity contribution is 5.99. The van der Waals surface area contributed by atoms with Gasteiger partial charge in [-0.2, -0.15) is 0 Å². The normalized spacial score (nSPS) is 13.1. The van der Waals surface area contributed by atoms with Crippen LogP contribution in [0.2, 0.25) is 0 Å². The number of amides is 2. The Morgan fingerprint density at radius 1 is 1.56 bits per heavy atom. The molecule has 0 atom stereocenters. The number of rotatable bonds is 3. The molecule has 18 heavy (non-hydrogen) atoms. The van der Waals surface area contributed by atoms with Crippen molar-refractivity contribution >= 4 is 17.5 Å². The molecular formula is C13H14N2O3. The molecule has 0 radical (unpaired) electrons. The zero-order valence-corrected chi connectivity index (χ0v) is 10.1. The maximum absolute atomic E-state index is 11.8. The molecule has 1 aliphatic rings. The summed E-state index contributed by atoms with van der Waals surface area (Å²) in [4.78, 5) is 22.9. The predicted molar refractivity (Wildman–Crippen MR) is 67.7 cm³/mol. The topological polar surface area (TPSA) is 67.4 Å². The van der Waals surface area contributed by atoms with Crippen molar-refractivity contribution in [3.8, 4) is 5.75 Å². The molecule has 5 nitrogen and oxygen atoms in total. The maximum atomic E-state index is 11.8. The van der Waals surface area contributed by atoms with Crippen molar-refractivity contribution in [1.82, 2.24) is 5.32 Å². The zero-order chi connectivity index (χ0) is 13.1. The molecule has 94 valence electrons. The fraction of sp³-hybridized carbons (Fsp3) is 0.231. The molecule has 5 heteroatoms. The largest absolute Gasteiger partial charge is 0.482 e. The van der Waals surface area contributed by atoms with Gasteiger partial charge in [-0.25, -0.2) is 0 Å². The van der Waals surface area contributed by atoms with Crippen molar-refractivity contribution in [2.45, 2.75) is 6.92 Å². The SMILES string of the molecule is C=C(C)CNC(=O)c1ccc2c(c1)OCC(=O)N2. The third-order valence-corrected chi connectivity index (χ3v) is 2.43. The summed E-state index contributed by atoms with van der Waals surface area (Å²) in [6, 6.07) is 4.91. The summed E-state index contributed by atoms with van der Waals surface area (Å²) in [5, 5.41) is 5.40. The van der Waals surface area contributed by atoms with E-state index in [1.807, 2.05) is 6.92 Å². The van der Waals surface area contributed by atoms with Crippen molar-refractivity contribution in [1.29, 1.82) is 0 Å². The second-order valence-electron chi connectivity index (χ2n) is 4.19. The molecular weight excluding hydrogens is 232 g/mol. The Morgan fingerprint density at radius 2 is 2.33 bits per heavy atom. The summed E-state index contributed by atoms with van der Waals surface area (Å²) >= 11 is 0. The van der Waals surface area contributed by atoms with E-state index in [1.165, 1.54) is 0 Å². The van der Waals surface area contributed by atoms with Crippen LogP contribution in [0.3, 0.4) is 0 Å². The molecule has 2 N–H and O–H groups in total. The van der Waals surface area contributed by atoms with E-state index >= 15 is 0 Å². The van der Waals surface area contributed by atoms with E-state index in [1.54, 1.807) is 18.2 Å². The van der Waals surface area contributed by atoms with E-state index in [9.17, 15) is 9.59 Å². The highest BCUT2D eigenvalue weighted by Gasteiger charge is 2.17. The molecule has 0 aromatic heterocycles. The maximum Gasteiger partial charge on any atom is 0.262 e. The molecule has 1 aromatic carbocycles. The molecule has 2 rings (SSSR count). The number of ether oxygens (including phenoxy) is 1. The fourth-order valence-electron chi connectivity index (χ4n) is 1.55. The summed E-state index contributed by atoms with van der Waals surface area (Å²) in [5.74, 6) is 0.126. The van der Waals surface area contributed by atoms with Crippen LogP contribution in [0.1, 0.15) is 17.3 Å². The first-order valence-electron chi connectivity index (χ1n) is 5.55. The molecule has 0 bridgehead atoms. The second-order valence-corrected chi connectivity index (χ2v) is 4.19. The first kappa shape index (κ1) is 12.2. The van der Waals surface area contributed by atoms with Crippen LogP contribution in [-0.2, 0) is 4.79 Å². The van der Waals surface area contributed by atoms with Crippen molar-refractivity contribution in [3.63, 3.8) is 0 Å². The van der Waals surface area contributed by atoms with Crippen LogP contribution < -0.4 is 15.4 Å². The van der Waals surface area contributed by atoms with Crippen molar-refractivity contribution in [3.05, 3.63) is 35.9 Å². The Bertz CT molecular complexity index is 523. The lowest BCUT2D eigenvalue weighted by atomic mass is 10.1. The van der Waals surface area contributed by atoms with Crippen LogP contribution in [0.25, 0.3) is 0 Å². The van der Waals surface area contributed by atoms with Gasteiger partial charge < -0.3 is 15.4 Å². The molecule has 0 spiro atoms. The number of carbonyl (C=O) groups is 2. The zero-order valence-electron chi connectivity index (χ0n) is 10.1. The number of nitrogens with one attached hydrogen (secondary N) is 2. The molecule has 0 unspecified atom stereocenters. The first-order chi connectivity index (χ1) is 8.56. The number of hydrogen-bond donors (Lipinski definition) is 2. The van der Waals surface area contributed by atoms with E-state index in [0.29, 0.717) is 23.5 Å². The van der Waals surface area contributed by atoms with E-state index < -0.39 is 0 Å². The van der Waals surface area contributed by atoms with Gasteiger partial charge in [0.25, 0.3) is 11.8 Å². The van der Waals surface area contributed by atoms with Crippen LogP contribution in [0.5, 0.6) is 5.75 Å². The van der Waals surface area contributed by atoms with Crippen LogP contribution in [0.15, 0.2) is 30.4 Å². The van der Waals surface area contributed by atoms with Crippen LogP contribution in [0.4, 0.5) is 5.69 Å². The molecule has 1 heterocycles. The molecule has 1 aromatic rings. The number of carbonyl (C=O) groups excluding carboxylic acids is 2. The summed E-state index contributed by atoms with van der Waals surface area (Å²) in [5.41, 5.74) is 1.96. The number of benzene rings is 1. The third-order valence-electron chi connectivity index (χ3n) is 2.43. The third kappa shape index (κ3) is 2.68. The average molecular weight is 246 g/mol. The predicted octanol–water partition coefficient (Wildman–Crippen LogP) is 1.32. The smallest absolute Gasteiger partial charge is 0.262 e. The fourth-order valence-corrected chi connectivity index (χ4v) is 1.55. The molecule has 0 saturated heterocycles. The molecule has 1 aliphatic heterocycles. The standard InChI is InChI=1S/C13H14N2O3/c1-8(2)6-14-13(17)9-3-4-10-11(5-9)18-7-12(16)15-10/h3-5H,1,6-7H2,2H3,(H,14,17)(H,15,16). The van der Waals surface area contributed by atoms with Gasteiger partial charge in [0.05, 0.1) is 5.69 Å². The van der Waals surface area contributed by atoms with Crippen LogP contribution in [-0.4, -0.2) is 25.0 Å². The van der Waals surface area contributed by atoms with Gasteiger partial charge in [0.1, 0.15) is 5.75 Å². The lowest BCUT2D eigenvalue weighted by molar-refractivity contribution is -0.118. The van der Waals surface area contributed by atoms with Gasteiger partial charge in [0.15, 0.2) is 6.61 Å².